The molecule has 13 rings (SSSR count). The van der Waals surface area contributed by atoms with Crippen LogP contribution >= 0.6 is 0 Å². The first-order valence-electron chi connectivity index (χ1n) is 25.7. The summed E-state index contributed by atoms with van der Waals surface area (Å²) in [6.07, 6.45) is 2.34. The van der Waals surface area contributed by atoms with E-state index in [2.05, 4.69) is 270 Å². The molecule has 0 unspecified atom stereocenters. The summed E-state index contributed by atoms with van der Waals surface area (Å²) < 4.78 is 2.21. The number of benzene rings is 11. The Labute approximate surface area is 442 Å². The zero-order valence-corrected chi connectivity index (χ0v) is 41.5. The van der Waals surface area contributed by atoms with Crippen molar-refractivity contribution in [2.24, 2.45) is 0 Å². The van der Waals surface area contributed by atoms with Gasteiger partial charge in [-0.1, -0.05) is 231 Å². The van der Waals surface area contributed by atoms with Crippen LogP contribution in [-0.2, 0) is 0 Å². The molecule has 5 nitrogen and oxygen atoms in total. The van der Waals surface area contributed by atoms with Gasteiger partial charge in [-0.15, -0.1) is 0 Å². The van der Waals surface area contributed by atoms with Crippen molar-refractivity contribution in [3.8, 4) is 62.1 Å². The predicted molar refractivity (Wildman–Crippen MR) is 316 cm³/mol. The lowest BCUT2D eigenvalue weighted by molar-refractivity contribution is 0.953. The molecule has 0 N–H and O–H groups in total. The first-order chi connectivity index (χ1) is 37.7. The van der Waals surface area contributed by atoms with E-state index in [9.17, 15) is 0 Å². The maximum Gasteiger partial charge on any atom is 0.238 e. The molecule has 13 aromatic rings. The molecule has 358 valence electrons. The van der Waals surface area contributed by atoms with Crippen molar-refractivity contribution in [1.82, 2.24) is 19.5 Å². The third-order valence-corrected chi connectivity index (χ3v) is 14.0. The Morgan fingerprint density at radius 2 is 0.789 bits per heavy atom. The first kappa shape index (κ1) is 45.6. The number of rotatable bonds is 12. The highest BCUT2D eigenvalue weighted by Gasteiger charge is 2.21. The van der Waals surface area contributed by atoms with Gasteiger partial charge in [0.05, 0.1) is 11.0 Å². The van der Waals surface area contributed by atoms with Gasteiger partial charge in [0, 0.05) is 39.0 Å². The molecule has 0 atom stereocenters. The van der Waals surface area contributed by atoms with Gasteiger partial charge in [0.2, 0.25) is 5.95 Å². The SMILES string of the molecule is C(=C(/c1ccccc1)c1cc(-c2ccc3c4ccccc4n(-c4nc(-c5ccccc5)nc(-c5ccccc5)n4)c3c2)cc(N(c2ccccc2)c2cccc(-c3ccccc3)c2)c1)/c1cccc(-c2ccccc2)c1. The van der Waals surface area contributed by atoms with E-state index in [1.807, 2.05) is 36.4 Å². The fourth-order valence-corrected chi connectivity index (χ4v) is 10.4. The quantitative estimate of drug-likeness (QED) is 0.114. The van der Waals surface area contributed by atoms with E-state index in [4.69, 9.17) is 15.0 Å². The Kier molecular flexibility index (Phi) is 12.2. The Bertz CT molecular complexity index is 4140. The van der Waals surface area contributed by atoms with E-state index in [-0.39, 0.29) is 0 Å². The first-order valence-corrected chi connectivity index (χ1v) is 25.7. The second-order valence-corrected chi connectivity index (χ2v) is 18.9. The lowest BCUT2D eigenvalue weighted by Crippen LogP contribution is -2.10. The van der Waals surface area contributed by atoms with Gasteiger partial charge in [0.15, 0.2) is 11.6 Å². The van der Waals surface area contributed by atoms with Crippen LogP contribution < -0.4 is 4.90 Å². The van der Waals surface area contributed by atoms with Crippen molar-refractivity contribution < 1.29 is 0 Å². The minimum absolute atomic E-state index is 0.547. The molecule has 0 aliphatic carbocycles. The molecule has 76 heavy (non-hydrogen) atoms. The van der Waals surface area contributed by atoms with Gasteiger partial charge in [-0.05, 0) is 122 Å². The highest BCUT2D eigenvalue weighted by Crippen LogP contribution is 2.43. The summed E-state index contributed by atoms with van der Waals surface area (Å²) in [7, 11) is 0. The lowest BCUT2D eigenvalue weighted by Gasteiger charge is -2.27. The van der Waals surface area contributed by atoms with Crippen LogP contribution in [0.3, 0.4) is 0 Å². The van der Waals surface area contributed by atoms with Crippen LogP contribution in [0.2, 0.25) is 0 Å². The molecule has 11 aromatic carbocycles. The number of para-hydroxylation sites is 2. The molecule has 0 fully saturated rings. The molecule has 2 heterocycles. The van der Waals surface area contributed by atoms with Crippen molar-refractivity contribution in [2.45, 2.75) is 0 Å². The van der Waals surface area contributed by atoms with Crippen molar-refractivity contribution >= 4 is 50.5 Å². The topological polar surface area (TPSA) is 46.8 Å². The average Bonchev–Trinajstić information content (AvgIpc) is 3.84. The second kappa shape index (κ2) is 20.3. The summed E-state index contributed by atoms with van der Waals surface area (Å²) in [5.41, 5.74) is 18.1. The summed E-state index contributed by atoms with van der Waals surface area (Å²) >= 11 is 0. The van der Waals surface area contributed by atoms with Crippen molar-refractivity contribution in [3.63, 3.8) is 0 Å². The van der Waals surface area contributed by atoms with E-state index in [0.29, 0.717) is 17.6 Å². The second-order valence-electron chi connectivity index (χ2n) is 18.9. The van der Waals surface area contributed by atoms with Gasteiger partial charge in [-0.2, -0.15) is 9.97 Å². The van der Waals surface area contributed by atoms with E-state index in [0.717, 1.165) is 94.5 Å². The largest absolute Gasteiger partial charge is 0.310 e. The zero-order valence-electron chi connectivity index (χ0n) is 41.5. The highest BCUT2D eigenvalue weighted by molar-refractivity contribution is 6.10. The summed E-state index contributed by atoms with van der Waals surface area (Å²) in [6.45, 7) is 0. The molecular weight excluding hydrogens is 923 g/mol. The minimum Gasteiger partial charge on any atom is -0.310 e. The number of fused-ring (bicyclic) bond motifs is 3. The molecule has 0 bridgehead atoms. The minimum atomic E-state index is 0.547. The fourth-order valence-electron chi connectivity index (χ4n) is 10.4. The third-order valence-electron chi connectivity index (χ3n) is 14.0. The fraction of sp³-hybridized carbons (Fsp3) is 0. The maximum atomic E-state index is 5.27. The van der Waals surface area contributed by atoms with Crippen molar-refractivity contribution in [3.05, 3.63) is 308 Å². The highest BCUT2D eigenvalue weighted by atomic mass is 15.2. The van der Waals surface area contributed by atoms with Gasteiger partial charge in [-0.25, -0.2) is 4.98 Å². The summed E-state index contributed by atoms with van der Waals surface area (Å²) in [5, 5.41) is 2.22. The van der Waals surface area contributed by atoms with Gasteiger partial charge in [0.1, 0.15) is 0 Å². The third kappa shape index (κ3) is 9.14. The van der Waals surface area contributed by atoms with Crippen LogP contribution in [0.5, 0.6) is 0 Å². The monoisotopic (exact) mass is 971 g/mol. The molecule has 5 heteroatoms. The standard InChI is InChI=1S/C71H49N5/c1-7-24-51(25-8-1)56-34-21-23-50(43-56)44-66(53-28-11-3-12-29-53)60-45-59(47-63(48-60)75(61-36-17-6-18-37-61)62-38-22-35-57(46-62)52-26-9-2-10-27-52)58-41-42-65-64-39-19-20-40-67(64)76(68(65)49-58)71-73-69(54-30-13-4-14-31-54)72-70(74-71)55-32-15-5-16-33-55/h1-49H/b66-44+. The lowest BCUT2D eigenvalue weighted by atomic mass is 9.91. The molecule has 0 aliphatic heterocycles. The number of anilines is 3. The van der Waals surface area contributed by atoms with Crippen LogP contribution in [0.4, 0.5) is 17.1 Å². The van der Waals surface area contributed by atoms with Crippen molar-refractivity contribution in [2.75, 3.05) is 4.90 Å². The maximum absolute atomic E-state index is 5.27. The summed E-state index contributed by atoms with van der Waals surface area (Å²) in [5.74, 6) is 1.76. The van der Waals surface area contributed by atoms with Gasteiger partial charge in [-0.3, -0.25) is 4.57 Å². The Hall–Kier alpha value is -10.2. The van der Waals surface area contributed by atoms with Crippen LogP contribution in [0, 0.1) is 0 Å². The van der Waals surface area contributed by atoms with Crippen LogP contribution in [0.25, 0.3) is 95.6 Å². The Morgan fingerprint density at radius 1 is 0.303 bits per heavy atom. The molecule has 0 spiro atoms. The van der Waals surface area contributed by atoms with Crippen LogP contribution in [-0.4, -0.2) is 19.5 Å². The average molecular weight is 972 g/mol. The molecule has 2 aromatic heterocycles. The molecule has 0 saturated heterocycles. The van der Waals surface area contributed by atoms with Gasteiger partial charge < -0.3 is 4.90 Å². The molecule has 0 saturated carbocycles. The van der Waals surface area contributed by atoms with E-state index in [1.54, 1.807) is 0 Å². The Balaban J connectivity index is 1.06. The van der Waals surface area contributed by atoms with E-state index in [1.165, 1.54) is 11.1 Å². The Morgan fingerprint density at radius 3 is 1.43 bits per heavy atom. The number of hydrogen-bond acceptors (Lipinski definition) is 4. The molecule has 0 aliphatic rings. The summed E-state index contributed by atoms with van der Waals surface area (Å²) in [6, 6.07) is 103. The molecule has 0 radical (unpaired) electrons. The molecule has 0 amide bonds. The van der Waals surface area contributed by atoms with E-state index >= 15 is 0 Å². The number of nitrogens with zero attached hydrogens (tertiary/aromatic N) is 5. The zero-order chi connectivity index (χ0) is 50.6. The smallest absolute Gasteiger partial charge is 0.238 e. The van der Waals surface area contributed by atoms with Crippen LogP contribution in [0.15, 0.2) is 291 Å². The van der Waals surface area contributed by atoms with Crippen molar-refractivity contribution in [1.29, 1.82) is 0 Å². The van der Waals surface area contributed by atoms with Gasteiger partial charge >= 0.3 is 0 Å². The summed E-state index contributed by atoms with van der Waals surface area (Å²) in [4.78, 5) is 18.0. The number of hydrogen-bond donors (Lipinski definition) is 0. The predicted octanol–water partition coefficient (Wildman–Crippen LogP) is 18.4. The van der Waals surface area contributed by atoms with Crippen LogP contribution in [0.1, 0.15) is 16.7 Å². The molecular formula is C71H49N5. The number of aromatic nitrogens is 4. The van der Waals surface area contributed by atoms with E-state index < -0.39 is 0 Å². The van der Waals surface area contributed by atoms with Gasteiger partial charge in [0.25, 0.3) is 0 Å². The normalized spacial score (nSPS) is 11.5.